The van der Waals surface area contributed by atoms with Crippen molar-refractivity contribution in [3.05, 3.63) is 35.1 Å². The molecule has 0 N–H and O–H groups in total. The molecule has 0 spiro atoms. The van der Waals surface area contributed by atoms with Crippen molar-refractivity contribution in [2.75, 3.05) is 6.61 Å². The van der Waals surface area contributed by atoms with Crippen LogP contribution in [0.3, 0.4) is 0 Å². The van der Waals surface area contributed by atoms with Gasteiger partial charge >= 0.3 is 5.97 Å². The van der Waals surface area contributed by atoms with Gasteiger partial charge in [0.1, 0.15) is 5.82 Å². The number of halogens is 1. The molecule has 1 aromatic carbocycles. The lowest BCUT2D eigenvalue weighted by Crippen LogP contribution is -2.43. The van der Waals surface area contributed by atoms with Crippen molar-refractivity contribution in [2.45, 2.75) is 78.1 Å². The highest BCUT2D eigenvalue weighted by Crippen LogP contribution is 2.38. The van der Waals surface area contributed by atoms with E-state index in [0.29, 0.717) is 17.5 Å². The molecule has 5 heteroatoms. The number of ether oxygens (including phenoxy) is 1. The van der Waals surface area contributed by atoms with Crippen molar-refractivity contribution in [3.63, 3.8) is 0 Å². The number of hydrogen-bond acceptors (Lipinski definition) is 3. The van der Waals surface area contributed by atoms with Gasteiger partial charge in [-0.25, -0.2) is 9.18 Å². The summed E-state index contributed by atoms with van der Waals surface area (Å²) in [6.07, 6.45) is 0.644. The highest BCUT2D eigenvalue weighted by atomic mass is 28.4. The van der Waals surface area contributed by atoms with Crippen molar-refractivity contribution >= 4 is 14.3 Å². The average Bonchev–Trinajstić information content (AvgIpc) is 2.44. The Morgan fingerprint density at radius 3 is 2.36 bits per heavy atom. The second-order valence-electron chi connectivity index (χ2n) is 8.25. The van der Waals surface area contributed by atoms with Crippen LogP contribution in [-0.4, -0.2) is 27.0 Å². The van der Waals surface area contributed by atoms with Crippen LogP contribution in [0.25, 0.3) is 0 Å². The summed E-state index contributed by atoms with van der Waals surface area (Å²) in [6.45, 7) is 17.0. The molecular formula is C20H33FO3Si. The summed E-state index contributed by atoms with van der Waals surface area (Å²) in [5, 5.41) is 0.124. The van der Waals surface area contributed by atoms with E-state index in [1.807, 2.05) is 13.8 Å². The van der Waals surface area contributed by atoms with Gasteiger partial charge in [0, 0.05) is 11.7 Å². The van der Waals surface area contributed by atoms with Gasteiger partial charge in [0.2, 0.25) is 0 Å². The minimum atomic E-state index is -1.88. The first-order valence-electron chi connectivity index (χ1n) is 9.04. The minimum Gasteiger partial charge on any atom is -0.462 e. The molecule has 0 saturated carbocycles. The fraction of sp³-hybridized carbons (Fsp3) is 0.650. The predicted molar refractivity (Wildman–Crippen MR) is 103 cm³/mol. The highest BCUT2D eigenvalue weighted by molar-refractivity contribution is 6.74. The molecule has 25 heavy (non-hydrogen) atoms. The van der Waals surface area contributed by atoms with E-state index in [4.69, 9.17) is 9.16 Å². The molecule has 0 saturated heterocycles. The lowest BCUT2D eigenvalue weighted by atomic mass is 9.91. The summed E-state index contributed by atoms with van der Waals surface area (Å²) in [7, 11) is -1.88. The molecule has 3 nitrogen and oxygen atoms in total. The number of rotatable bonds is 7. The van der Waals surface area contributed by atoms with Crippen LogP contribution in [0.4, 0.5) is 4.39 Å². The molecule has 142 valence electrons. The third-order valence-corrected chi connectivity index (χ3v) is 9.63. The van der Waals surface area contributed by atoms with Crippen molar-refractivity contribution in [1.82, 2.24) is 0 Å². The molecular weight excluding hydrogens is 335 g/mol. The van der Waals surface area contributed by atoms with E-state index in [2.05, 4.69) is 33.9 Å². The van der Waals surface area contributed by atoms with E-state index in [9.17, 15) is 9.18 Å². The number of hydrogen-bond donors (Lipinski definition) is 0. The van der Waals surface area contributed by atoms with Crippen molar-refractivity contribution in [2.24, 2.45) is 0 Å². The SMILES string of the molecule is CCOC(=O)c1cccc(F)c1C(C)CC(C)O[Si](C)(C)C(C)(C)C. The fourth-order valence-electron chi connectivity index (χ4n) is 2.77. The van der Waals surface area contributed by atoms with Gasteiger partial charge in [0.15, 0.2) is 8.32 Å². The lowest BCUT2D eigenvalue weighted by Gasteiger charge is -2.39. The Kier molecular flexibility index (Phi) is 7.38. The van der Waals surface area contributed by atoms with Crippen LogP contribution in [0.2, 0.25) is 18.1 Å². The van der Waals surface area contributed by atoms with Gasteiger partial charge in [-0.05, 0) is 56.5 Å². The van der Waals surface area contributed by atoms with Gasteiger partial charge in [-0.2, -0.15) is 0 Å². The molecule has 0 aliphatic carbocycles. The van der Waals surface area contributed by atoms with Crippen LogP contribution in [0.1, 0.15) is 69.8 Å². The Bertz CT molecular complexity index is 593. The summed E-state index contributed by atoms with van der Waals surface area (Å²) in [6, 6.07) is 4.58. The Morgan fingerprint density at radius 1 is 1.24 bits per heavy atom. The zero-order valence-corrected chi connectivity index (χ0v) is 17.9. The summed E-state index contributed by atoms with van der Waals surface area (Å²) in [5.74, 6) is -0.972. The van der Waals surface area contributed by atoms with E-state index >= 15 is 0 Å². The van der Waals surface area contributed by atoms with E-state index < -0.39 is 14.3 Å². The lowest BCUT2D eigenvalue weighted by molar-refractivity contribution is 0.0523. The van der Waals surface area contributed by atoms with Crippen molar-refractivity contribution in [3.8, 4) is 0 Å². The molecule has 0 aliphatic heterocycles. The maximum Gasteiger partial charge on any atom is 0.338 e. The monoisotopic (exact) mass is 368 g/mol. The summed E-state index contributed by atoms with van der Waals surface area (Å²) in [4.78, 5) is 12.2. The molecule has 2 atom stereocenters. The summed E-state index contributed by atoms with van der Waals surface area (Å²) >= 11 is 0. The Hall–Kier alpha value is -1.20. The van der Waals surface area contributed by atoms with Crippen LogP contribution in [0, 0.1) is 5.82 Å². The Labute approximate surface area is 153 Å². The number of carbonyl (C=O) groups is 1. The highest BCUT2D eigenvalue weighted by Gasteiger charge is 2.38. The van der Waals surface area contributed by atoms with Crippen molar-refractivity contribution < 1.29 is 18.3 Å². The van der Waals surface area contributed by atoms with E-state index in [1.54, 1.807) is 19.1 Å². The Morgan fingerprint density at radius 2 is 1.84 bits per heavy atom. The molecule has 1 aromatic rings. The second kappa shape index (κ2) is 8.45. The first-order chi connectivity index (χ1) is 11.4. The van der Waals surface area contributed by atoms with Crippen LogP contribution >= 0.6 is 0 Å². The molecule has 0 radical (unpaired) electrons. The smallest absolute Gasteiger partial charge is 0.338 e. The maximum absolute atomic E-state index is 14.4. The predicted octanol–water partition coefficient (Wildman–Crippen LogP) is 5.91. The van der Waals surface area contributed by atoms with Crippen LogP contribution in [0.5, 0.6) is 0 Å². The molecule has 0 aliphatic rings. The van der Waals surface area contributed by atoms with Crippen molar-refractivity contribution in [1.29, 1.82) is 0 Å². The largest absolute Gasteiger partial charge is 0.462 e. The van der Waals surface area contributed by atoms with Crippen LogP contribution in [-0.2, 0) is 9.16 Å². The third-order valence-electron chi connectivity index (χ3n) is 5.03. The third kappa shape index (κ3) is 5.64. The quantitative estimate of drug-likeness (QED) is 0.443. The van der Waals surface area contributed by atoms with Gasteiger partial charge < -0.3 is 9.16 Å². The van der Waals surface area contributed by atoms with Gasteiger partial charge in [0.25, 0.3) is 0 Å². The number of carbonyl (C=O) groups excluding carboxylic acids is 1. The topological polar surface area (TPSA) is 35.5 Å². The van der Waals surface area contributed by atoms with Gasteiger partial charge in [-0.1, -0.05) is 33.8 Å². The zero-order chi connectivity index (χ0) is 19.4. The van der Waals surface area contributed by atoms with Crippen LogP contribution in [0.15, 0.2) is 18.2 Å². The van der Waals surface area contributed by atoms with Gasteiger partial charge in [-0.15, -0.1) is 0 Å². The molecule has 2 unspecified atom stereocenters. The standard InChI is InChI=1S/C20H33FO3Si/c1-9-23-19(22)16-11-10-12-17(21)18(16)14(2)13-15(3)24-25(7,8)20(4,5)6/h10-12,14-15H,9,13H2,1-8H3. The van der Waals surface area contributed by atoms with E-state index in [-0.39, 0.29) is 29.5 Å². The number of benzene rings is 1. The molecule has 1 rings (SSSR count). The first-order valence-corrected chi connectivity index (χ1v) is 11.9. The fourth-order valence-corrected chi connectivity index (χ4v) is 4.22. The summed E-state index contributed by atoms with van der Waals surface area (Å²) < 4.78 is 25.9. The Balaban J connectivity index is 2.97. The zero-order valence-electron chi connectivity index (χ0n) is 16.9. The van der Waals surface area contributed by atoms with E-state index in [0.717, 1.165) is 0 Å². The normalized spacial score (nSPS) is 14.9. The van der Waals surface area contributed by atoms with Crippen LogP contribution < -0.4 is 0 Å². The van der Waals surface area contributed by atoms with Gasteiger partial charge in [-0.3, -0.25) is 0 Å². The molecule has 0 fully saturated rings. The molecule has 0 bridgehead atoms. The average molecular weight is 369 g/mol. The summed E-state index contributed by atoms with van der Waals surface area (Å²) in [5.41, 5.74) is 0.737. The van der Waals surface area contributed by atoms with E-state index in [1.165, 1.54) is 6.07 Å². The van der Waals surface area contributed by atoms with Gasteiger partial charge in [0.05, 0.1) is 12.2 Å². The molecule has 0 aromatic heterocycles. The number of esters is 1. The first kappa shape index (κ1) is 21.8. The molecule has 0 amide bonds. The minimum absolute atomic E-state index is 0.00876. The second-order valence-corrected chi connectivity index (χ2v) is 13.0. The molecule has 0 heterocycles. The maximum atomic E-state index is 14.4.